The van der Waals surface area contributed by atoms with E-state index in [1.54, 1.807) is 13.8 Å². The number of nitrogens with zero attached hydrogens (tertiary/aromatic N) is 2. The summed E-state index contributed by atoms with van der Waals surface area (Å²) in [5, 5.41) is 14.4. The highest BCUT2D eigenvalue weighted by atomic mass is 16.5. The van der Waals surface area contributed by atoms with Gasteiger partial charge in [-0.1, -0.05) is 30.3 Å². The molecule has 5 N–H and O–H groups in total. The van der Waals surface area contributed by atoms with Gasteiger partial charge in [0.05, 0.1) is 12.1 Å². The van der Waals surface area contributed by atoms with Crippen LogP contribution in [0.4, 0.5) is 10.6 Å². The van der Waals surface area contributed by atoms with Crippen LogP contribution in [0.5, 0.6) is 5.75 Å². The molecule has 24 heavy (non-hydrogen) atoms. The third-order valence-corrected chi connectivity index (χ3v) is 3.95. The van der Waals surface area contributed by atoms with Crippen LogP contribution in [0.2, 0.25) is 0 Å². The zero-order valence-corrected chi connectivity index (χ0v) is 14.0. The van der Waals surface area contributed by atoms with Crippen molar-refractivity contribution in [1.82, 2.24) is 9.78 Å². The van der Waals surface area contributed by atoms with Crippen molar-refractivity contribution in [3.8, 4) is 5.75 Å². The van der Waals surface area contributed by atoms with E-state index in [2.05, 4.69) is 17.2 Å². The number of aryl methyl sites for hydroxylation is 2. The highest BCUT2D eigenvalue weighted by Crippen LogP contribution is 2.31. The number of ether oxygens (including phenoxy) is 1. The van der Waals surface area contributed by atoms with E-state index in [1.165, 1.54) is 10.2 Å². The van der Waals surface area contributed by atoms with Gasteiger partial charge in [0.15, 0.2) is 11.6 Å². The number of anilines is 1. The number of carbonyl (C=O) groups excluding carboxylic acids is 1. The standard InChI is InChI=1S/C17H24N4O3/c1-11-15(24-17(19)23)16(18)21(20-11)14(12(2)22)10-6-9-13-7-4-3-5-8-13/h3-5,7-8,12,14,22H,6,9-10,18H2,1-2H3,(H2,19,23). The predicted molar refractivity (Wildman–Crippen MR) is 91.7 cm³/mol. The van der Waals surface area contributed by atoms with Gasteiger partial charge in [0, 0.05) is 0 Å². The molecule has 1 heterocycles. The fourth-order valence-corrected chi connectivity index (χ4v) is 2.76. The zero-order chi connectivity index (χ0) is 17.7. The molecule has 0 aliphatic rings. The van der Waals surface area contributed by atoms with Crippen LogP contribution in [-0.2, 0) is 6.42 Å². The first-order chi connectivity index (χ1) is 11.4. The summed E-state index contributed by atoms with van der Waals surface area (Å²) in [5.74, 6) is 0.341. The smallest absolute Gasteiger partial charge is 0.405 e. The Kier molecular flexibility index (Phi) is 5.81. The van der Waals surface area contributed by atoms with Crippen molar-refractivity contribution < 1.29 is 14.6 Å². The predicted octanol–water partition coefficient (Wildman–Crippen LogP) is 2.18. The number of hydrogen-bond donors (Lipinski definition) is 3. The van der Waals surface area contributed by atoms with Gasteiger partial charge in [-0.05, 0) is 38.7 Å². The minimum Gasteiger partial charge on any atom is -0.405 e. The number of nitrogens with two attached hydrogens (primary N) is 2. The molecule has 0 fully saturated rings. The quantitative estimate of drug-likeness (QED) is 0.718. The normalized spacial score (nSPS) is 13.5. The minimum absolute atomic E-state index is 0.149. The number of carbonyl (C=O) groups is 1. The number of aliphatic hydroxyl groups is 1. The first-order valence-electron chi connectivity index (χ1n) is 7.94. The molecular formula is C17H24N4O3. The van der Waals surface area contributed by atoms with Crippen molar-refractivity contribution >= 4 is 11.9 Å². The molecule has 2 aromatic rings. The van der Waals surface area contributed by atoms with E-state index in [9.17, 15) is 9.90 Å². The van der Waals surface area contributed by atoms with Crippen molar-refractivity contribution in [1.29, 1.82) is 0 Å². The van der Waals surface area contributed by atoms with Crippen LogP contribution in [0.15, 0.2) is 30.3 Å². The Balaban J connectivity index is 2.11. The summed E-state index contributed by atoms with van der Waals surface area (Å²) < 4.78 is 6.43. The summed E-state index contributed by atoms with van der Waals surface area (Å²) in [6.45, 7) is 3.37. The number of benzene rings is 1. The number of amides is 1. The van der Waals surface area contributed by atoms with Crippen molar-refractivity contribution in [2.75, 3.05) is 5.73 Å². The van der Waals surface area contributed by atoms with Crippen LogP contribution in [0.3, 0.4) is 0 Å². The average Bonchev–Trinajstić information content (AvgIpc) is 2.80. The molecule has 130 valence electrons. The third-order valence-electron chi connectivity index (χ3n) is 3.95. The van der Waals surface area contributed by atoms with Crippen LogP contribution < -0.4 is 16.2 Å². The molecule has 0 aliphatic carbocycles. The molecule has 1 aromatic heterocycles. The molecule has 0 aliphatic heterocycles. The van der Waals surface area contributed by atoms with Crippen molar-refractivity contribution in [3.05, 3.63) is 41.6 Å². The first kappa shape index (κ1) is 17.8. The van der Waals surface area contributed by atoms with Gasteiger partial charge in [0.1, 0.15) is 5.69 Å². The van der Waals surface area contributed by atoms with Gasteiger partial charge in [0.25, 0.3) is 0 Å². The Morgan fingerprint density at radius 2 is 2.04 bits per heavy atom. The molecule has 2 rings (SSSR count). The molecule has 1 aromatic carbocycles. The maximum Gasteiger partial charge on any atom is 0.410 e. The SMILES string of the molecule is Cc1nn(C(CCCc2ccccc2)C(C)O)c(N)c1OC(N)=O. The molecule has 7 nitrogen and oxygen atoms in total. The maximum atomic E-state index is 11.0. The number of aromatic nitrogens is 2. The van der Waals surface area contributed by atoms with E-state index in [-0.39, 0.29) is 17.6 Å². The molecule has 2 unspecified atom stereocenters. The van der Waals surface area contributed by atoms with Crippen LogP contribution >= 0.6 is 0 Å². The summed E-state index contributed by atoms with van der Waals surface area (Å²) >= 11 is 0. The first-order valence-corrected chi connectivity index (χ1v) is 7.94. The van der Waals surface area contributed by atoms with E-state index >= 15 is 0 Å². The van der Waals surface area contributed by atoms with Crippen molar-refractivity contribution in [2.24, 2.45) is 5.73 Å². The van der Waals surface area contributed by atoms with Gasteiger partial charge < -0.3 is 21.3 Å². The molecule has 2 atom stereocenters. The Bertz CT molecular complexity index is 683. The van der Waals surface area contributed by atoms with Gasteiger partial charge in [-0.3, -0.25) is 0 Å². The highest BCUT2D eigenvalue weighted by molar-refractivity contribution is 5.71. The van der Waals surface area contributed by atoms with Gasteiger partial charge in [-0.2, -0.15) is 5.10 Å². The second-order valence-electron chi connectivity index (χ2n) is 5.85. The Hall–Kier alpha value is -2.54. The van der Waals surface area contributed by atoms with Gasteiger partial charge in [0.2, 0.25) is 0 Å². The average molecular weight is 332 g/mol. The lowest BCUT2D eigenvalue weighted by atomic mass is 10.0. The lowest BCUT2D eigenvalue weighted by molar-refractivity contribution is 0.117. The molecule has 0 spiro atoms. The van der Waals surface area contributed by atoms with Crippen molar-refractivity contribution in [3.63, 3.8) is 0 Å². The molecule has 0 saturated heterocycles. The molecule has 0 radical (unpaired) electrons. The number of nitrogen functional groups attached to an aromatic ring is 1. The van der Waals surface area contributed by atoms with Crippen LogP contribution in [0, 0.1) is 6.92 Å². The molecule has 7 heteroatoms. The lowest BCUT2D eigenvalue weighted by Gasteiger charge is -2.21. The molecular weight excluding hydrogens is 308 g/mol. The second-order valence-corrected chi connectivity index (χ2v) is 5.85. The molecule has 0 bridgehead atoms. The maximum absolute atomic E-state index is 11.0. The Morgan fingerprint density at radius 1 is 1.38 bits per heavy atom. The summed E-state index contributed by atoms with van der Waals surface area (Å²) in [6.07, 6.45) is 0.859. The van der Waals surface area contributed by atoms with E-state index in [0.29, 0.717) is 12.1 Å². The zero-order valence-electron chi connectivity index (χ0n) is 14.0. The number of hydrogen-bond acceptors (Lipinski definition) is 5. The van der Waals surface area contributed by atoms with E-state index in [0.717, 1.165) is 12.8 Å². The summed E-state index contributed by atoms with van der Waals surface area (Å²) in [7, 11) is 0. The summed E-state index contributed by atoms with van der Waals surface area (Å²) in [6, 6.07) is 9.83. The van der Waals surface area contributed by atoms with Gasteiger partial charge in [-0.15, -0.1) is 0 Å². The van der Waals surface area contributed by atoms with Crippen molar-refractivity contribution in [2.45, 2.75) is 45.3 Å². The minimum atomic E-state index is -0.943. The third kappa shape index (κ3) is 4.26. The number of aliphatic hydroxyl groups excluding tert-OH is 1. The topological polar surface area (TPSA) is 116 Å². The van der Waals surface area contributed by atoms with E-state index < -0.39 is 12.2 Å². The Morgan fingerprint density at radius 3 is 2.62 bits per heavy atom. The molecule has 0 saturated carbocycles. The van der Waals surface area contributed by atoms with E-state index in [4.69, 9.17) is 16.2 Å². The number of primary amides is 1. The highest BCUT2D eigenvalue weighted by Gasteiger charge is 2.24. The summed E-state index contributed by atoms with van der Waals surface area (Å²) in [4.78, 5) is 11.0. The van der Waals surface area contributed by atoms with Gasteiger partial charge >= 0.3 is 6.09 Å². The monoisotopic (exact) mass is 332 g/mol. The largest absolute Gasteiger partial charge is 0.410 e. The fourth-order valence-electron chi connectivity index (χ4n) is 2.76. The van der Waals surface area contributed by atoms with E-state index in [1.807, 2.05) is 18.2 Å². The fraction of sp³-hybridized carbons (Fsp3) is 0.412. The lowest BCUT2D eigenvalue weighted by Crippen LogP contribution is -2.24. The van der Waals surface area contributed by atoms with Crippen LogP contribution in [0.25, 0.3) is 0 Å². The summed E-state index contributed by atoms with van der Waals surface area (Å²) in [5.41, 5.74) is 12.8. The van der Waals surface area contributed by atoms with Gasteiger partial charge in [-0.25, -0.2) is 9.48 Å². The second kappa shape index (κ2) is 7.83. The van der Waals surface area contributed by atoms with Crippen LogP contribution in [0.1, 0.15) is 37.1 Å². The van der Waals surface area contributed by atoms with Crippen LogP contribution in [-0.4, -0.2) is 27.1 Å². The Labute approximate surface area is 141 Å². The number of rotatable bonds is 7. The molecule has 1 amide bonds.